The van der Waals surface area contributed by atoms with Gasteiger partial charge in [-0.1, -0.05) is 0 Å². The predicted molar refractivity (Wildman–Crippen MR) is 51.9 cm³/mol. The number of hydrogen-bond acceptors (Lipinski definition) is 3. The van der Waals surface area contributed by atoms with E-state index in [1.807, 2.05) is 0 Å². The van der Waals surface area contributed by atoms with Gasteiger partial charge in [-0.25, -0.2) is 10.4 Å². The molecular formula is C9H15N3O3. The van der Waals surface area contributed by atoms with Crippen LogP contribution in [0.15, 0.2) is 0 Å². The molecule has 0 spiro atoms. The summed E-state index contributed by atoms with van der Waals surface area (Å²) in [7, 11) is 0. The van der Waals surface area contributed by atoms with E-state index in [1.54, 1.807) is 0 Å². The van der Waals surface area contributed by atoms with Crippen molar-refractivity contribution in [3.05, 3.63) is 0 Å². The van der Waals surface area contributed by atoms with Gasteiger partial charge in [0.15, 0.2) is 0 Å². The lowest BCUT2D eigenvalue weighted by Crippen LogP contribution is -2.59. The lowest BCUT2D eigenvalue weighted by Gasteiger charge is -2.40. The van der Waals surface area contributed by atoms with Crippen LogP contribution in [0.1, 0.15) is 33.1 Å². The normalized spacial score (nSPS) is 15.1. The molecular weight excluding hydrogens is 198 g/mol. The molecule has 6 nitrogen and oxygen atoms in total. The maximum Gasteiger partial charge on any atom is 0.257 e. The summed E-state index contributed by atoms with van der Waals surface area (Å²) in [5.74, 6) is -0.763. The van der Waals surface area contributed by atoms with E-state index in [1.165, 1.54) is 18.9 Å². The van der Waals surface area contributed by atoms with Gasteiger partial charge in [-0.15, -0.1) is 0 Å². The molecule has 1 aliphatic carbocycles. The van der Waals surface area contributed by atoms with E-state index in [9.17, 15) is 14.4 Å². The van der Waals surface area contributed by atoms with Gasteiger partial charge in [0.1, 0.15) is 0 Å². The quantitative estimate of drug-likeness (QED) is 0.522. The van der Waals surface area contributed by atoms with Gasteiger partial charge in [-0.2, -0.15) is 5.12 Å². The third-order valence-electron chi connectivity index (χ3n) is 2.35. The first-order valence-corrected chi connectivity index (χ1v) is 4.87. The minimum atomic E-state index is -0.385. The molecule has 0 aromatic rings. The molecule has 1 aliphatic rings. The second-order valence-electron chi connectivity index (χ2n) is 3.57. The largest absolute Gasteiger partial charge is 0.277 e. The summed E-state index contributed by atoms with van der Waals surface area (Å²) in [6.07, 6.45) is 3.34. The Labute approximate surface area is 88.1 Å². The Balaban J connectivity index is 2.70. The fourth-order valence-corrected chi connectivity index (χ4v) is 1.40. The van der Waals surface area contributed by atoms with Gasteiger partial charge < -0.3 is 0 Å². The van der Waals surface area contributed by atoms with Crippen LogP contribution in [0.2, 0.25) is 0 Å². The average molecular weight is 213 g/mol. The van der Waals surface area contributed by atoms with Crippen molar-refractivity contribution in [3.63, 3.8) is 0 Å². The van der Waals surface area contributed by atoms with Gasteiger partial charge in [0.25, 0.3) is 5.91 Å². The monoisotopic (exact) mass is 213 g/mol. The molecule has 3 amide bonds. The van der Waals surface area contributed by atoms with Crippen molar-refractivity contribution in [1.82, 2.24) is 15.6 Å². The third-order valence-corrected chi connectivity index (χ3v) is 2.35. The first-order chi connectivity index (χ1) is 7.06. The highest BCUT2D eigenvalue weighted by molar-refractivity contribution is 5.80. The highest BCUT2D eigenvalue weighted by atomic mass is 16.2. The zero-order chi connectivity index (χ0) is 11.4. The second-order valence-corrected chi connectivity index (χ2v) is 3.57. The third kappa shape index (κ3) is 2.68. The van der Waals surface area contributed by atoms with E-state index in [0.29, 0.717) is 6.41 Å². The van der Waals surface area contributed by atoms with Crippen LogP contribution < -0.4 is 5.43 Å². The Morgan fingerprint density at radius 2 is 1.93 bits per heavy atom. The molecule has 1 fully saturated rings. The highest BCUT2D eigenvalue weighted by Crippen LogP contribution is 2.24. The zero-order valence-electron chi connectivity index (χ0n) is 8.90. The van der Waals surface area contributed by atoms with Crippen molar-refractivity contribution >= 4 is 18.2 Å². The zero-order valence-corrected chi connectivity index (χ0v) is 8.90. The minimum Gasteiger partial charge on any atom is -0.277 e. The molecule has 0 saturated heterocycles. The van der Waals surface area contributed by atoms with E-state index in [0.717, 1.165) is 24.4 Å². The molecule has 1 rings (SSSR count). The van der Waals surface area contributed by atoms with Gasteiger partial charge in [0, 0.05) is 13.8 Å². The van der Waals surface area contributed by atoms with Gasteiger partial charge in [-0.3, -0.25) is 14.4 Å². The van der Waals surface area contributed by atoms with Crippen LogP contribution in [0.4, 0.5) is 0 Å². The molecule has 84 valence electrons. The lowest BCUT2D eigenvalue weighted by atomic mass is 9.93. The van der Waals surface area contributed by atoms with E-state index in [2.05, 4.69) is 5.43 Å². The summed E-state index contributed by atoms with van der Waals surface area (Å²) in [5.41, 5.74) is 2.32. The van der Waals surface area contributed by atoms with E-state index in [4.69, 9.17) is 0 Å². The molecule has 0 bridgehead atoms. The smallest absolute Gasteiger partial charge is 0.257 e. The van der Waals surface area contributed by atoms with Gasteiger partial charge >= 0.3 is 0 Å². The SMILES string of the molecule is CC(=O)NN(C(C)=O)N(C=O)C1CCC1. The van der Waals surface area contributed by atoms with Crippen molar-refractivity contribution in [3.8, 4) is 0 Å². The number of hydrogen-bond donors (Lipinski definition) is 1. The van der Waals surface area contributed by atoms with Crippen molar-refractivity contribution in [1.29, 1.82) is 0 Å². The fraction of sp³-hybridized carbons (Fsp3) is 0.667. The fourth-order valence-electron chi connectivity index (χ4n) is 1.40. The van der Waals surface area contributed by atoms with Crippen LogP contribution in [0.25, 0.3) is 0 Å². The standard InChI is InChI=1S/C9H15N3O3/c1-7(14)10-12(8(2)15)11(6-13)9-4-3-5-9/h6,9H,3-5H2,1-2H3,(H,10,14). The molecule has 0 aromatic heterocycles. The topological polar surface area (TPSA) is 69.7 Å². The Morgan fingerprint density at radius 1 is 1.33 bits per heavy atom. The Morgan fingerprint density at radius 3 is 2.20 bits per heavy atom. The van der Waals surface area contributed by atoms with Crippen LogP contribution in [-0.4, -0.2) is 34.4 Å². The van der Waals surface area contributed by atoms with Crippen LogP contribution >= 0.6 is 0 Å². The summed E-state index contributed by atoms with van der Waals surface area (Å²) in [4.78, 5) is 32.9. The summed E-state index contributed by atoms with van der Waals surface area (Å²) in [6, 6.07) is 0.0262. The first-order valence-electron chi connectivity index (χ1n) is 4.87. The molecule has 0 radical (unpaired) electrons. The van der Waals surface area contributed by atoms with E-state index >= 15 is 0 Å². The van der Waals surface area contributed by atoms with Crippen molar-refractivity contribution in [2.45, 2.75) is 39.2 Å². The van der Waals surface area contributed by atoms with Crippen molar-refractivity contribution in [2.75, 3.05) is 0 Å². The summed E-state index contributed by atoms with van der Waals surface area (Å²) in [5, 5.41) is 2.21. The Kier molecular flexibility index (Phi) is 3.65. The molecule has 15 heavy (non-hydrogen) atoms. The maximum absolute atomic E-state index is 11.2. The summed E-state index contributed by atoms with van der Waals surface area (Å²) >= 11 is 0. The number of carbonyl (C=O) groups is 3. The number of nitrogens with zero attached hydrogens (tertiary/aromatic N) is 2. The minimum absolute atomic E-state index is 0.0262. The van der Waals surface area contributed by atoms with Gasteiger partial charge in [0.2, 0.25) is 12.3 Å². The van der Waals surface area contributed by atoms with E-state index in [-0.39, 0.29) is 17.9 Å². The van der Waals surface area contributed by atoms with Crippen LogP contribution in [0.3, 0.4) is 0 Å². The van der Waals surface area contributed by atoms with Crippen molar-refractivity contribution in [2.24, 2.45) is 0 Å². The lowest BCUT2D eigenvalue weighted by molar-refractivity contribution is -0.175. The molecule has 0 unspecified atom stereocenters. The van der Waals surface area contributed by atoms with Crippen LogP contribution in [0, 0.1) is 0 Å². The molecule has 0 aromatic carbocycles. The van der Waals surface area contributed by atoms with Gasteiger partial charge in [-0.05, 0) is 19.3 Å². The molecule has 1 saturated carbocycles. The molecule has 1 N–H and O–H groups in total. The number of hydrazine groups is 2. The Bertz CT molecular complexity index is 276. The van der Waals surface area contributed by atoms with Crippen LogP contribution in [0.5, 0.6) is 0 Å². The number of nitrogens with one attached hydrogen (secondary N) is 1. The van der Waals surface area contributed by atoms with Crippen molar-refractivity contribution < 1.29 is 14.4 Å². The average Bonchev–Trinajstić information content (AvgIpc) is 2.06. The summed E-state index contributed by atoms with van der Waals surface area (Å²) in [6.45, 7) is 2.59. The first kappa shape index (κ1) is 11.5. The van der Waals surface area contributed by atoms with E-state index < -0.39 is 0 Å². The number of amides is 3. The molecule has 0 aliphatic heterocycles. The van der Waals surface area contributed by atoms with Crippen LogP contribution in [-0.2, 0) is 14.4 Å². The second kappa shape index (κ2) is 4.77. The van der Waals surface area contributed by atoms with Gasteiger partial charge in [0.05, 0.1) is 6.04 Å². The molecule has 0 heterocycles. The summed E-state index contributed by atoms with van der Waals surface area (Å²) < 4.78 is 0. The number of rotatable bonds is 3. The molecule has 6 heteroatoms. The Hall–Kier alpha value is -1.59. The number of carbonyl (C=O) groups excluding carboxylic acids is 3. The highest BCUT2D eigenvalue weighted by Gasteiger charge is 2.30. The predicted octanol–water partition coefficient (Wildman–Crippen LogP) is -0.188. The molecule has 0 atom stereocenters. The maximum atomic E-state index is 11.2.